The third-order valence-electron chi connectivity index (χ3n) is 7.84. The lowest BCUT2D eigenvalue weighted by atomic mass is 9.88. The molecule has 4 aromatic rings. The van der Waals surface area contributed by atoms with Gasteiger partial charge in [0.1, 0.15) is 0 Å². The smallest absolute Gasteiger partial charge is 0.196 e. The third-order valence-corrected chi connectivity index (χ3v) is 7.84. The van der Waals surface area contributed by atoms with Gasteiger partial charge in [-0.2, -0.15) is 0 Å². The van der Waals surface area contributed by atoms with Crippen LogP contribution in [0.2, 0.25) is 0 Å². The zero-order valence-electron chi connectivity index (χ0n) is 24.3. The van der Waals surface area contributed by atoms with E-state index < -0.39 is 0 Å². The average Bonchev–Trinajstić information content (AvgIpc) is 3.61. The first-order valence-electron chi connectivity index (χ1n) is 14.2. The van der Waals surface area contributed by atoms with Gasteiger partial charge in [0.25, 0.3) is 0 Å². The molecule has 1 atom stereocenters. The molecule has 8 nitrogen and oxygen atoms in total. The zero-order chi connectivity index (χ0) is 31.0. The van der Waals surface area contributed by atoms with Gasteiger partial charge in [0.2, 0.25) is 0 Å². The molecule has 220 valence electrons. The summed E-state index contributed by atoms with van der Waals surface area (Å²) in [4.78, 5) is 72.7. The topological polar surface area (TPSA) is 105 Å². The molecule has 0 aliphatic carbocycles. The molecule has 0 amide bonds. The van der Waals surface area contributed by atoms with Crippen molar-refractivity contribution in [3.8, 4) is 23.0 Å². The van der Waals surface area contributed by atoms with Gasteiger partial charge < -0.3 is 0 Å². The van der Waals surface area contributed by atoms with Crippen LogP contribution in [0.25, 0.3) is 0 Å². The Kier molecular flexibility index (Phi) is 7.57. The van der Waals surface area contributed by atoms with Crippen LogP contribution in [0.15, 0.2) is 96.1 Å². The lowest BCUT2D eigenvalue weighted by Crippen LogP contribution is -2.14. The molecule has 2 aliphatic heterocycles. The van der Waals surface area contributed by atoms with Crippen molar-refractivity contribution >= 4 is 23.1 Å². The van der Waals surface area contributed by atoms with Gasteiger partial charge in [0, 0.05) is 40.3 Å². The molecule has 2 aliphatic rings. The van der Waals surface area contributed by atoms with Crippen LogP contribution in [0.3, 0.4) is 0 Å². The van der Waals surface area contributed by atoms with Gasteiger partial charge in [-0.15, -0.1) is 0 Å². The van der Waals surface area contributed by atoms with Crippen molar-refractivity contribution in [1.82, 2.24) is 0 Å². The Morgan fingerprint density at radius 2 is 1.05 bits per heavy atom. The number of benzene rings is 4. The molecule has 2 heterocycles. The summed E-state index contributed by atoms with van der Waals surface area (Å²) in [5.41, 5.74) is 4.05. The largest absolute Gasteiger partial charge is 0.294 e. The number of hydrogen-bond acceptors (Lipinski definition) is 8. The van der Waals surface area contributed by atoms with E-state index in [0.717, 1.165) is 5.57 Å². The number of carbonyl (C=O) groups is 4. The van der Waals surface area contributed by atoms with Gasteiger partial charge in [0.15, 0.2) is 46.1 Å². The summed E-state index contributed by atoms with van der Waals surface area (Å²) in [7, 11) is 0. The Morgan fingerprint density at radius 3 is 1.52 bits per heavy atom. The molecule has 0 fully saturated rings. The van der Waals surface area contributed by atoms with E-state index >= 15 is 0 Å². The van der Waals surface area contributed by atoms with Crippen molar-refractivity contribution in [2.75, 3.05) is 0 Å². The molecule has 0 radical (unpaired) electrons. The van der Waals surface area contributed by atoms with Gasteiger partial charge in [-0.05, 0) is 56.5 Å². The summed E-state index contributed by atoms with van der Waals surface area (Å²) in [6.07, 6.45) is 0.884. The van der Waals surface area contributed by atoms with Gasteiger partial charge in [0.05, 0.1) is 11.1 Å². The van der Waals surface area contributed by atoms with Crippen LogP contribution in [0.4, 0.5) is 0 Å². The Labute approximate surface area is 253 Å². The molecule has 6 rings (SSSR count). The summed E-state index contributed by atoms with van der Waals surface area (Å²) < 4.78 is 0. The van der Waals surface area contributed by atoms with E-state index in [0.29, 0.717) is 74.8 Å². The quantitative estimate of drug-likeness (QED) is 0.102. The molecule has 0 N–H and O–H groups in total. The van der Waals surface area contributed by atoms with Gasteiger partial charge >= 0.3 is 0 Å². The maximum Gasteiger partial charge on any atom is 0.196 e. The summed E-state index contributed by atoms with van der Waals surface area (Å²) in [6.45, 7) is 5.58. The van der Waals surface area contributed by atoms with Crippen LogP contribution in [0.5, 0.6) is 23.0 Å². The first-order chi connectivity index (χ1) is 21.2. The second kappa shape index (κ2) is 11.6. The normalized spacial score (nSPS) is 12.7. The standard InChI is InChI=1S/C36H28O8/c1-20(2)28(34(38)23-9-11-25(12-10-23)36(40)30-17-14-27-19-32(30)44-42-27)15-4-21(3)33(37)22-5-7-24(8-6-22)35(39)29-16-13-26-18-31(29)43-41-26/h5-14,16-19,21H,4,15H2,1-3H3. The molecule has 8 heteroatoms. The summed E-state index contributed by atoms with van der Waals surface area (Å²) in [6, 6.07) is 23.0. The van der Waals surface area contributed by atoms with Gasteiger partial charge in [-0.1, -0.05) is 61.0 Å². The number of rotatable bonds is 11. The second-order valence-corrected chi connectivity index (χ2v) is 11.1. The molecule has 44 heavy (non-hydrogen) atoms. The SMILES string of the molecule is CC(C)=C(CCC(C)C(=O)c1ccc(C(=O)c2ccc3cc2OO3)cc1)C(=O)c1ccc(C(=O)c2ccc3cc2OO3)cc1. The third kappa shape index (κ3) is 5.49. The van der Waals surface area contributed by atoms with E-state index in [4.69, 9.17) is 19.6 Å². The summed E-state index contributed by atoms with van der Waals surface area (Å²) in [5, 5.41) is 0. The van der Waals surface area contributed by atoms with E-state index in [1.165, 1.54) is 0 Å². The van der Waals surface area contributed by atoms with Crippen molar-refractivity contribution in [1.29, 1.82) is 0 Å². The van der Waals surface area contributed by atoms with Crippen molar-refractivity contribution in [2.45, 2.75) is 33.6 Å². The predicted molar refractivity (Wildman–Crippen MR) is 161 cm³/mol. The number of allylic oxidation sites excluding steroid dienone is 2. The molecule has 0 spiro atoms. The van der Waals surface area contributed by atoms with E-state index in [2.05, 4.69) is 0 Å². The van der Waals surface area contributed by atoms with Crippen LogP contribution in [-0.4, -0.2) is 23.1 Å². The summed E-state index contributed by atoms with van der Waals surface area (Å²) >= 11 is 0. The predicted octanol–water partition coefficient (Wildman–Crippen LogP) is 7.34. The van der Waals surface area contributed by atoms with Crippen LogP contribution in [0, 0.1) is 5.92 Å². The molecular formula is C36H28O8. The fraction of sp³-hybridized carbons (Fsp3) is 0.167. The van der Waals surface area contributed by atoms with E-state index in [-0.39, 0.29) is 29.1 Å². The van der Waals surface area contributed by atoms with Crippen LogP contribution < -0.4 is 19.6 Å². The molecule has 0 aromatic heterocycles. The first-order valence-corrected chi connectivity index (χ1v) is 14.2. The minimum Gasteiger partial charge on any atom is -0.294 e. The minimum absolute atomic E-state index is 0.0714. The van der Waals surface area contributed by atoms with Crippen LogP contribution in [0.1, 0.15) is 86.2 Å². The Hall–Kier alpha value is -5.50. The highest BCUT2D eigenvalue weighted by atomic mass is 17.2. The second-order valence-electron chi connectivity index (χ2n) is 11.1. The van der Waals surface area contributed by atoms with Crippen molar-refractivity contribution < 1.29 is 38.7 Å². The lowest BCUT2D eigenvalue weighted by Gasteiger charge is -2.14. The molecule has 0 saturated heterocycles. The van der Waals surface area contributed by atoms with Crippen molar-refractivity contribution in [2.24, 2.45) is 5.92 Å². The highest BCUT2D eigenvalue weighted by Gasteiger charge is 2.24. The molecular weight excluding hydrogens is 560 g/mol. The fourth-order valence-electron chi connectivity index (χ4n) is 5.22. The maximum atomic E-state index is 13.5. The highest BCUT2D eigenvalue weighted by Crippen LogP contribution is 2.34. The van der Waals surface area contributed by atoms with Crippen LogP contribution >= 0.6 is 0 Å². The Balaban J connectivity index is 1.08. The minimum atomic E-state index is -0.355. The number of carbonyl (C=O) groups excluding carboxylic acids is 4. The fourth-order valence-corrected chi connectivity index (χ4v) is 5.22. The maximum absolute atomic E-state index is 13.5. The van der Waals surface area contributed by atoms with Crippen molar-refractivity contribution in [3.05, 3.63) is 129 Å². The average molecular weight is 589 g/mol. The molecule has 4 aromatic carbocycles. The molecule has 1 unspecified atom stereocenters. The van der Waals surface area contributed by atoms with Crippen LogP contribution in [-0.2, 0) is 0 Å². The number of ketones is 4. The van der Waals surface area contributed by atoms with Gasteiger partial charge in [-0.3, -0.25) is 38.7 Å². The Morgan fingerprint density at radius 1 is 0.591 bits per heavy atom. The molecule has 0 saturated carbocycles. The lowest BCUT2D eigenvalue weighted by molar-refractivity contribution is -0.0849. The molecule has 4 bridgehead atoms. The number of hydrogen-bond donors (Lipinski definition) is 0. The zero-order valence-corrected chi connectivity index (χ0v) is 24.3. The van der Waals surface area contributed by atoms with E-state index in [1.807, 2.05) is 20.8 Å². The number of fused-ring (bicyclic) bond motifs is 4. The Bertz CT molecular complexity index is 1840. The van der Waals surface area contributed by atoms with Crippen molar-refractivity contribution in [3.63, 3.8) is 0 Å². The van der Waals surface area contributed by atoms with E-state index in [9.17, 15) is 19.2 Å². The monoisotopic (exact) mass is 588 g/mol. The van der Waals surface area contributed by atoms with E-state index in [1.54, 1.807) is 84.9 Å². The first kappa shape index (κ1) is 28.6. The summed E-state index contributed by atoms with van der Waals surface area (Å²) in [5.74, 6) is 0.761. The number of Topliss-reactive ketones (excluding diaryl/α,β-unsaturated/α-hetero) is 2. The van der Waals surface area contributed by atoms with Gasteiger partial charge in [-0.25, -0.2) is 0 Å². The highest BCUT2D eigenvalue weighted by molar-refractivity contribution is 6.13.